The molecular formula is C21H28N2OS. The Hall–Kier alpha value is -1.65. The van der Waals surface area contributed by atoms with E-state index in [2.05, 4.69) is 33.1 Å². The molecule has 1 aliphatic heterocycles. The van der Waals surface area contributed by atoms with Gasteiger partial charge >= 0.3 is 0 Å². The number of hydrogen-bond acceptors (Lipinski definition) is 3. The quantitative estimate of drug-likeness (QED) is 0.841. The van der Waals surface area contributed by atoms with E-state index in [1.807, 2.05) is 26.0 Å². The van der Waals surface area contributed by atoms with Gasteiger partial charge < -0.3 is 5.32 Å². The predicted molar refractivity (Wildman–Crippen MR) is 105 cm³/mol. The summed E-state index contributed by atoms with van der Waals surface area (Å²) in [5.74, 6) is 0.0382. The number of thiophene rings is 1. The number of hydrogen-bond donors (Lipinski definition) is 1. The van der Waals surface area contributed by atoms with Gasteiger partial charge in [0.15, 0.2) is 0 Å². The van der Waals surface area contributed by atoms with Crippen molar-refractivity contribution in [1.82, 2.24) is 10.2 Å². The molecule has 25 heavy (non-hydrogen) atoms. The van der Waals surface area contributed by atoms with Crippen molar-refractivity contribution in [1.29, 1.82) is 0 Å². The lowest BCUT2D eigenvalue weighted by Gasteiger charge is -2.30. The van der Waals surface area contributed by atoms with Gasteiger partial charge in [-0.15, -0.1) is 0 Å². The van der Waals surface area contributed by atoms with Gasteiger partial charge in [0, 0.05) is 12.1 Å². The lowest BCUT2D eigenvalue weighted by molar-refractivity contribution is 0.0932. The maximum atomic E-state index is 12.7. The summed E-state index contributed by atoms with van der Waals surface area (Å²) in [5.41, 5.74) is 4.27. The minimum Gasteiger partial charge on any atom is -0.350 e. The molecular weight excluding hydrogens is 328 g/mol. The zero-order chi connectivity index (χ0) is 17.6. The van der Waals surface area contributed by atoms with E-state index in [9.17, 15) is 4.79 Å². The van der Waals surface area contributed by atoms with Crippen LogP contribution in [0.1, 0.15) is 58.8 Å². The number of carbonyl (C=O) groups is 1. The summed E-state index contributed by atoms with van der Waals surface area (Å²) in [5, 5.41) is 7.55. The predicted octanol–water partition coefficient (Wildman–Crippen LogP) is 4.71. The molecule has 1 aliphatic rings. The van der Waals surface area contributed by atoms with Crippen LogP contribution in [0.25, 0.3) is 0 Å². The Kier molecular flexibility index (Phi) is 6.27. The molecule has 1 atom stereocenters. The fourth-order valence-electron chi connectivity index (χ4n) is 3.59. The number of nitrogens with zero attached hydrogens (tertiary/aromatic N) is 1. The van der Waals surface area contributed by atoms with Gasteiger partial charge in [-0.3, -0.25) is 9.69 Å². The molecule has 1 amide bonds. The molecule has 1 unspecified atom stereocenters. The molecule has 4 heteroatoms. The molecule has 2 heterocycles. The second-order valence-corrected chi connectivity index (χ2v) is 7.83. The summed E-state index contributed by atoms with van der Waals surface area (Å²) in [4.78, 5) is 15.3. The van der Waals surface area contributed by atoms with E-state index in [-0.39, 0.29) is 11.9 Å². The molecule has 0 aliphatic carbocycles. The highest BCUT2D eigenvalue weighted by Gasteiger charge is 2.23. The molecule has 1 aromatic carbocycles. The minimum atomic E-state index is 0.0382. The van der Waals surface area contributed by atoms with Crippen LogP contribution in [0.15, 0.2) is 35.0 Å². The van der Waals surface area contributed by atoms with Crippen molar-refractivity contribution in [3.63, 3.8) is 0 Å². The Balaban J connectivity index is 1.72. The third-order valence-electron chi connectivity index (χ3n) is 5.10. The van der Waals surface area contributed by atoms with Crippen molar-refractivity contribution in [3.05, 3.63) is 57.3 Å². The number of amides is 1. The van der Waals surface area contributed by atoms with Gasteiger partial charge in [-0.05, 0) is 73.8 Å². The molecule has 0 radical (unpaired) electrons. The molecule has 1 N–H and O–H groups in total. The van der Waals surface area contributed by atoms with E-state index >= 15 is 0 Å². The third-order valence-corrected chi connectivity index (χ3v) is 5.80. The van der Waals surface area contributed by atoms with Crippen molar-refractivity contribution in [2.24, 2.45) is 0 Å². The second-order valence-electron chi connectivity index (χ2n) is 7.05. The van der Waals surface area contributed by atoms with Gasteiger partial charge in [0.05, 0.1) is 6.04 Å². The highest BCUT2D eigenvalue weighted by molar-refractivity contribution is 7.07. The average Bonchev–Trinajstić information content (AvgIpc) is 3.00. The van der Waals surface area contributed by atoms with E-state index in [1.165, 1.54) is 31.2 Å². The van der Waals surface area contributed by atoms with Gasteiger partial charge in [0.1, 0.15) is 0 Å². The molecule has 1 saturated heterocycles. The Bertz CT molecular complexity index is 688. The Morgan fingerprint density at radius 1 is 1.16 bits per heavy atom. The number of rotatable bonds is 5. The minimum absolute atomic E-state index is 0.0382. The lowest BCUT2D eigenvalue weighted by Crippen LogP contribution is -2.38. The molecule has 3 nitrogen and oxygen atoms in total. The smallest absolute Gasteiger partial charge is 0.251 e. The Morgan fingerprint density at radius 3 is 2.60 bits per heavy atom. The summed E-state index contributed by atoms with van der Waals surface area (Å²) in [6, 6.07) is 8.53. The van der Waals surface area contributed by atoms with Gasteiger partial charge in [0.2, 0.25) is 0 Å². The molecule has 3 rings (SSSR count). The molecule has 1 aromatic heterocycles. The summed E-state index contributed by atoms with van der Waals surface area (Å²) < 4.78 is 0. The first-order valence-electron chi connectivity index (χ1n) is 9.27. The molecule has 0 bridgehead atoms. The topological polar surface area (TPSA) is 32.3 Å². The fourth-order valence-corrected chi connectivity index (χ4v) is 4.30. The number of aryl methyl sites for hydroxylation is 2. The highest BCUT2D eigenvalue weighted by Crippen LogP contribution is 2.25. The van der Waals surface area contributed by atoms with Crippen LogP contribution >= 0.6 is 11.3 Å². The van der Waals surface area contributed by atoms with Crippen LogP contribution in [0.3, 0.4) is 0 Å². The van der Waals surface area contributed by atoms with Crippen molar-refractivity contribution in [3.8, 4) is 0 Å². The van der Waals surface area contributed by atoms with Crippen molar-refractivity contribution < 1.29 is 4.79 Å². The second kappa shape index (κ2) is 8.63. The van der Waals surface area contributed by atoms with Gasteiger partial charge in [-0.2, -0.15) is 11.3 Å². The van der Waals surface area contributed by atoms with Crippen LogP contribution in [-0.4, -0.2) is 30.4 Å². The zero-order valence-electron chi connectivity index (χ0n) is 15.3. The standard InChI is InChI=1S/C21H28N2OS/c1-16-7-8-17(2)19(13-16)21(24)22-14-20(18-9-12-25-15-18)23-10-5-3-4-6-11-23/h7-9,12-13,15,20H,3-6,10-11,14H2,1-2H3,(H,22,24). The maximum absolute atomic E-state index is 12.7. The van der Waals surface area contributed by atoms with Crippen LogP contribution in [0.4, 0.5) is 0 Å². The van der Waals surface area contributed by atoms with Gasteiger partial charge in [0.25, 0.3) is 5.91 Å². The zero-order valence-corrected chi connectivity index (χ0v) is 16.1. The van der Waals surface area contributed by atoms with Crippen LogP contribution in [0.5, 0.6) is 0 Å². The average molecular weight is 357 g/mol. The lowest BCUT2D eigenvalue weighted by atomic mass is 10.0. The van der Waals surface area contributed by atoms with Crippen LogP contribution < -0.4 is 5.32 Å². The number of nitrogens with one attached hydrogen (secondary N) is 1. The van der Waals surface area contributed by atoms with Crippen LogP contribution in [-0.2, 0) is 0 Å². The monoisotopic (exact) mass is 356 g/mol. The highest BCUT2D eigenvalue weighted by atomic mass is 32.1. The van der Waals surface area contributed by atoms with Crippen molar-refractivity contribution in [2.45, 2.75) is 45.6 Å². The van der Waals surface area contributed by atoms with E-state index in [0.717, 1.165) is 29.8 Å². The Labute approximate surface area is 155 Å². The Morgan fingerprint density at radius 2 is 1.92 bits per heavy atom. The molecule has 134 valence electrons. The van der Waals surface area contributed by atoms with Crippen molar-refractivity contribution >= 4 is 17.2 Å². The van der Waals surface area contributed by atoms with E-state index in [1.54, 1.807) is 11.3 Å². The fraction of sp³-hybridized carbons (Fsp3) is 0.476. The van der Waals surface area contributed by atoms with Crippen LogP contribution in [0, 0.1) is 13.8 Å². The number of likely N-dealkylation sites (tertiary alicyclic amines) is 1. The SMILES string of the molecule is Cc1ccc(C)c(C(=O)NCC(c2ccsc2)N2CCCCCC2)c1. The first-order valence-corrected chi connectivity index (χ1v) is 10.2. The maximum Gasteiger partial charge on any atom is 0.251 e. The molecule has 1 fully saturated rings. The molecule has 0 saturated carbocycles. The van der Waals surface area contributed by atoms with Crippen molar-refractivity contribution in [2.75, 3.05) is 19.6 Å². The number of benzene rings is 1. The first kappa shape index (κ1) is 18.2. The van der Waals surface area contributed by atoms with E-state index in [0.29, 0.717) is 6.54 Å². The largest absolute Gasteiger partial charge is 0.350 e. The van der Waals surface area contributed by atoms with E-state index < -0.39 is 0 Å². The molecule has 2 aromatic rings. The molecule has 0 spiro atoms. The summed E-state index contributed by atoms with van der Waals surface area (Å²) in [6.45, 7) is 6.95. The first-order chi connectivity index (χ1) is 12.1. The van der Waals surface area contributed by atoms with Gasteiger partial charge in [-0.1, -0.05) is 30.5 Å². The third kappa shape index (κ3) is 4.71. The van der Waals surface area contributed by atoms with Crippen LogP contribution in [0.2, 0.25) is 0 Å². The van der Waals surface area contributed by atoms with E-state index in [4.69, 9.17) is 0 Å². The summed E-state index contributed by atoms with van der Waals surface area (Å²) in [6.07, 6.45) is 5.15. The summed E-state index contributed by atoms with van der Waals surface area (Å²) >= 11 is 1.73. The van der Waals surface area contributed by atoms with Gasteiger partial charge in [-0.25, -0.2) is 0 Å². The summed E-state index contributed by atoms with van der Waals surface area (Å²) in [7, 11) is 0. The normalized spacial score (nSPS) is 17.0. The number of carbonyl (C=O) groups excluding carboxylic acids is 1.